The number of hydrazone groups is 1. The van der Waals surface area contributed by atoms with Gasteiger partial charge in [-0.1, -0.05) is 6.42 Å². The van der Waals surface area contributed by atoms with Crippen molar-refractivity contribution in [3.8, 4) is 5.75 Å². The Morgan fingerprint density at radius 1 is 1.32 bits per heavy atom. The van der Waals surface area contributed by atoms with Crippen molar-refractivity contribution in [3.05, 3.63) is 27.3 Å². The zero-order valence-corrected chi connectivity index (χ0v) is 13.1. The summed E-state index contributed by atoms with van der Waals surface area (Å²) in [5, 5.41) is 4.22. The number of halogens is 1. The van der Waals surface area contributed by atoms with Gasteiger partial charge in [0.2, 0.25) is 0 Å². The van der Waals surface area contributed by atoms with Crippen molar-refractivity contribution in [2.45, 2.75) is 32.1 Å². The maximum absolute atomic E-state index is 12.0. The van der Waals surface area contributed by atoms with Crippen molar-refractivity contribution in [3.63, 3.8) is 0 Å². The Hall–Kier alpha value is -1.11. The van der Waals surface area contributed by atoms with Gasteiger partial charge >= 0.3 is 0 Å². The van der Waals surface area contributed by atoms with Gasteiger partial charge in [-0.25, -0.2) is 5.43 Å². The Balaban J connectivity index is 2.01. The highest BCUT2D eigenvalue weighted by atomic mass is 127. The second-order valence-electron chi connectivity index (χ2n) is 4.53. The van der Waals surface area contributed by atoms with Crippen molar-refractivity contribution in [2.75, 3.05) is 7.11 Å². The van der Waals surface area contributed by atoms with Gasteiger partial charge in [0.15, 0.2) is 0 Å². The summed E-state index contributed by atoms with van der Waals surface area (Å²) in [4.78, 5) is 12.0. The summed E-state index contributed by atoms with van der Waals surface area (Å²) in [6.07, 6.45) is 5.62. The molecule has 1 fully saturated rings. The molecule has 0 aromatic heterocycles. The molecule has 0 radical (unpaired) electrons. The number of methoxy groups -OCH3 is 1. The van der Waals surface area contributed by atoms with Crippen LogP contribution in [-0.2, 0) is 0 Å². The normalized spacial score (nSPS) is 14.9. The number of ether oxygens (including phenoxy) is 1. The van der Waals surface area contributed by atoms with Crippen LogP contribution < -0.4 is 10.2 Å². The quantitative estimate of drug-likeness (QED) is 0.654. The van der Waals surface area contributed by atoms with Crippen molar-refractivity contribution >= 4 is 34.2 Å². The summed E-state index contributed by atoms with van der Waals surface area (Å²) in [7, 11) is 1.62. The molecule has 0 spiro atoms. The van der Waals surface area contributed by atoms with Gasteiger partial charge in [0.25, 0.3) is 5.91 Å². The number of carbonyl (C=O) groups is 1. The fourth-order valence-electron chi connectivity index (χ4n) is 2.07. The zero-order valence-electron chi connectivity index (χ0n) is 10.9. The summed E-state index contributed by atoms with van der Waals surface area (Å²) in [6, 6.07) is 5.34. The fraction of sp³-hybridized carbons (Fsp3) is 0.429. The van der Waals surface area contributed by atoms with Gasteiger partial charge in [-0.15, -0.1) is 0 Å². The first-order valence-electron chi connectivity index (χ1n) is 6.40. The van der Waals surface area contributed by atoms with Crippen LogP contribution in [0.25, 0.3) is 0 Å². The van der Waals surface area contributed by atoms with E-state index in [2.05, 4.69) is 33.1 Å². The zero-order chi connectivity index (χ0) is 13.7. The van der Waals surface area contributed by atoms with Crippen LogP contribution in [0, 0.1) is 3.57 Å². The highest BCUT2D eigenvalue weighted by Gasteiger charge is 2.10. The van der Waals surface area contributed by atoms with Crippen molar-refractivity contribution in [1.82, 2.24) is 5.43 Å². The van der Waals surface area contributed by atoms with E-state index in [-0.39, 0.29) is 5.91 Å². The Kier molecular flexibility index (Phi) is 5.18. The Morgan fingerprint density at radius 2 is 2.05 bits per heavy atom. The predicted octanol–water partition coefficient (Wildman–Crippen LogP) is 3.35. The first-order valence-corrected chi connectivity index (χ1v) is 7.48. The van der Waals surface area contributed by atoms with Gasteiger partial charge in [0.1, 0.15) is 5.75 Å². The predicted molar refractivity (Wildman–Crippen MR) is 83.7 cm³/mol. The highest BCUT2D eigenvalue weighted by molar-refractivity contribution is 14.1. The number of hydrogen-bond donors (Lipinski definition) is 1. The molecule has 4 nitrogen and oxygen atoms in total. The number of amides is 1. The van der Waals surface area contributed by atoms with E-state index >= 15 is 0 Å². The van der Waals surface area contributed by atoms with Gasteiger partial charge in [-0.3, -0.25) is 4.79 Å². The van der Waals surface area contributed by atoms with Crippen LogP contribution in [0.5, 0.6) is 5.75 Å². The van der Waals surface area contributed by atoms with Gasteiger partial charge in [0.05, 0.1) is 10.7 Å². The van der Waals surface area contributed by atoms with Crippen molar-refractivity contribution in [1.29, 1.82) is 0 Å². The Morgan fingerprint density at radius 3 is 2.68 bits per heavy atom. The third kappa shape index (κ3) is 3.92. The molecule has 0 atom stereocenters. The molecule has 102 valence electrons. The van der Waals surface area contributed by atoms with E-state index in [1.807, 2.05) is 0 Å². The van der Waals surface area contributed by atoms with Crippen LogP contribution >= 0.6 is 22.6 Å². The largest absolute Gasteiger partial charge is 0.496 e. The van der Waals surface area contributed by atoms with Gasteiger partial charge in [-0.2, -0.15) is 5.10 Å². The minimum atomic E-state index is -0.168. The maximum Gasteiger partial charge on any atom is 0.271 e. The lowest BCUT2D eigenvalue weighted by Crippen LogP contribution is -2.20. The first-order chi connectivity index (χ1) is 9.20. The molecule has 1 N–H and O–H groups in total. The third-order valence-corrected chi connectivity index (χ3v) is 4.00. The molecule has 1 aliphatic carbocycles. The van der Waals surface area contributed by atoms with Gasteiger partial charge in [-0.05, 0) is 66.5 Å². The molecule has 1 aliphatic rings. The van der Waals surface area contributed by atoms with Crippen LogP contribution in [0.15, 0.2) is 23.3 Å². The van der Waals surface area contributed by atoms with Crippen LogP contribution in [0.1, 0.15) is 42.5 Å². The molecule has 1 aromatic carbocycles. The number of nitrogens with zero attached hydrogens (tertiary/aromatic N) is 1. The second-order valence-corrected chi connectivity index (χ2v) is 5.69. The molecule has 19 heavy (non-hydrogen) atoms. The molecule has 0 unspecified atom stereocenters. The molecule has 1 saturated carbocycles. The monoisotopic (exact) mass is 372 g/mol. The van der Waals surface area contributed by atoms with E-state index in [1.54, 1.807) is 25.3 Å². The molecule has 5 heteroatoms. The summed E-state index contributed by atoms with van der Waals surface area (Å²) in [6.45, 7) is 0. The lowest BCUT2D eigenvalue weighted by Gasteiger charge is -2.12. The summed E-state index contributed by atoms with van der Waals surface area (Å²) in [5.41, 5.74) is 4.34. The molecular formula is C14H17IN2O2. The van der Waals surface area contributed by atoms with Crippen LogP contribution in [-0.4, -0.2) is 18.7 Å². The maximum atomic E-state index is 12.0. The second kappa shape index (κ2) is 6.88. The van der Waals surface area contributed by atoms with E-state index in [1.165, 1.54) is 19.3 Å². The molecule has 0 saturated heterocycles. The molecule has 1 aromatic rings. The van der Waals surface area contributed by atoms with Crippen LogP contribution in [0.4, 0.5) is 0 Å². The van der Waals surface area contributed by atoms with Crippen LogP contribution in [0.2, 0.25) is 0 Å². The lowest BCUT2D eigenvalue weighted by molar-refractivity contribution is 0.0954. The number of benzene rings is 1. The molecule has 0 aliphatic heterocycles. The number of carbonyl (C=O) groups excluding carboxylic acids is 1. The van der Waals surface area contributed by atoms with Crippen molar-refractivity contribution < 1.29 is 9.53 Å². The fourth-order valence-corrected chi connectivity index (χ4v) is 2.81. The number of hydrogen-bond acceptors (Lipinski definition) is 3. The van der Waals surface area contributed by atoms with Crippen molar-refractivity contribution in [2.24, 2.45) is 5.10 Å². The molecule has 2 rings (SSSR count). The topological polar surface area (TPSA) is 50.7 Å². The molecule has 0 bridgehead atoms. The molecule has 0 heterocycles. The third-order valence-electron chi connectivity index (χ3n) is 3.16. The number of rotatable bonds is 3. The van der Waals surface area contributed by atoms with Gasteiger partial charge < -0.3 is 4.74 Å². The first kappa shape index (κ1) is 14.3. The standard InChI is InChI=1S/C14H17IN2O2/c1-19-13-8-7-10(9-12(13)15)14(18)17-16-11-5-3-2-4-6-11/h7-9H,2-6H2,1H3,(H,17,18). The highest BCUT2D eigenvalue weighted by Crippen LogP contribution is 2.21. The SMILES string of the molecule is COc1ccc(C(=O)NN=C2CCCCC2)cc1I. The van der Waals surface area contributed by atoms with E-state index in [9.17, 15) is 4.79 Å². The van der Waals surface area contributed by atoms with E-state index in [4.69, 9.17) is 4.74 Å². The smallest absolute Gasteiger partial charge is 0.271 e. The number of nitrogens with one attached hydrogen (secondary N) is 1. The average molecular weight is 372 g/mol. The minimum absolute atomic E-state index is 0.168. The Bertz CT molecular complexity index is 492. The summed E-state index contributed by atoms with van der Waals surface area (Å²) in [5.74, 6) is 0.606. The van der Waals surface area contributed by atoms with Crippen LogP contribution in [0.3, 0.4) is 0 Å². The van der Waals surface area contributed by atoms with E-state index in [0.29, 0.717) is 5.56 Å². The Labute approximate surface area is 126 Å². The molecular weight excluding hydrogens is 355 g/mol. The average Bonchev–Trinajstić information content (AvgIpc) is 2.45. The minimum Gasteiger partial charge on any atom is -0.496 e. The lowest BCUT2D eigenvalue weighted by atomic mass is 9.99. The molecule has 1 amide bonds. The summed E-state index contributed by atoms with van der Waals surface area (Å²) >= 11 is 2.15. The van der Waals surface area contributed by atoms with E-state index in [0.717, 1.165) is 27.9 Å². The summed E-state index contributed by atoms with van der Waals surface area (Å²) < 4.78 is 6.08. The van der Waals surface area contributed by atoms with Gasteiger partial charge in [0, 0.05) is 11.3 Å². The van der Waals surface area contributed by atoms with E-state index < -0.39 is 0 Å².